The molecule has 2 aliphatic carbocycles. The van der Waals surface area contributed by atoms with Crippen molar-refractivity contribution >= 4 is 27.5 Å². The molecule has 1 aliphatic heterocycles. The van der Waals surface area contributed by atoms with Crippen LogP contribution in [0.25, 0.3) is 10.2 Å². The number of carbonyl (C=O) groups is 1. The molecule has 0 unspecified atom stereocenters. The van der Waals surface area contributed by atoms with Gasteiger partial charge in [-0.25, -0.2) is 4.98 Å². The molecule has 1 saturated heterocycles. The van der Waals surface area contributed by atoms with Crippen molar-refractivity contribution < 1.29 is 14.3 Å². The lowest BCUT2D eigenvalue weighted by Crippen LogP contribution is -2.55. The Morgan fingerprint density at radius 3 is 2.82 bits per heavy atom. The predicted octanol–water partition coefficient (Wildman–Crippen LogP) is 4.14. The maximum atomic E-state index is 11.7. The van der Waals surface area contributed by atoms with Gasteiger partial charge in [0.05, 0.1) is 30.8 Å². The third kappa shape index (κ3) is 4.30. The number of nitrogens with two attached hydrogens (primary N) is 1. The number of amides is 1. The molecule has 0 aromatic carbocycles. The van der Waals surface area contributed by atoms with Gasteiger partial charge in [0.1, 0.15) is 16.5 Å². The molecule has 2 N–H and O–H groups in total. The fraction of sp³-hybridized carbons (Fsp3) is 0.654. The first-order valence-corrected chi connectivity index (χ1v) is 13.4. The fourth-order valence-electron chi connectivity index (χ4n) is 6.34. The van der Waals surface area contributed by atoms with Gasteiger partial charge in [0.15, 0.2) is 0 Å². The van der Waals surface area contributed by atoms with Crippen LogP contribution in [0, 0.1) is 17.2 Å². The van der Waals surface area contributed by atoms with Crippen molar-refractivity contribution in [2.75, 3.05) is 26.3 Å². The SMILES string of the molecule is CC[C@]1(N2CCOCC2)CC[C@H](Oc2ccnc3sc4c(c23)[C@@H](C[C@@H](C#N)C(N)=O)CC4)CC1. The third-order valence-electron chi connectivity index (χ3n) is 8.31. The van der Waals surface area contributed by atoms with Gasteiger partial charge in [-0.05, 0) is 68.9 Å². The molecule has 1 amide bonds. The Morgan fingerprint density at radius 1 is 1.38 bits per heavy atom. The van der Waals surface area contributed by atoms with E-state index in [1.165, 1.54) is 16.9 Å². The maximum Gasteiger partial charge on any atom is 0.234 e. The van der Waals surface area contributed by atoms with Crippen LogP contribution < -0.4 is 10.5 Å². The summed E-state index contributed by atoms with van der Waals surface area (Å²) in [6, 6.07) is 4.08. The minimum absolute atomic E-state index is 0.146. The van der Waals surface area contributed by atoms with Gasteiger partial charge in [-0.1, -0.05) is 6.92 Å². The van der Waals surface area contributed by atoms with E-state index in [0.717, 1.165) is 80.8 Å². The molecule has 8 heteroatoms. The van der Waals surface area contributed by atoms with Gasteiger partial charge in [0, 0.05) is 29.7 Å². The molecule has 182 valence electrons. The highest BCUT2D eigenvalue weighted by molar-refractivity contribution is 7.19. The number of carbonyl (C=O) groups excluding carboxylic acids is 1. The molecule has 1 saturated carbocycles. The van der Waals surface area contributed by atoms with Crippen molar-refractivity contribution in [2.45, 2.75) is 75.9 Å². The van der Waals surface area contributed by atoms with E-state index in [1.54, 1.807) is 11.3 Å². The molecule has 0 radical (unpaired) electrons. The lowest BCUT2D eigenvalue weighted by molar-refractivity contribution is -0.120. The predicted molar refractivity (Wildman–Crippen MR) is 132 cm³/mol. The van der Waals surface area contributed by atoms with Gasteiger partial charge < -0.3 is 15.2 Å². The summed E-state index contributed by atoms with van der Waals surface area (Å²) in [5.74, 6) is -0.241. The standard InChI is InChI=1S/C26H34N4O3S/c1-2-26(30-11-13-32-14-12-30)8-5-19(6-9-26)33-20-7-10-29-25-23(20)22-17(3-4-21(22)34-25)15-18(16-27)24(28)31/h7,10,17-19H,2-6,8-9,11-15H2,1H3,(H2,28,31)/t17-,18+,19-,26-/m1/s1. The number of nitrogens with zero attached hydrogens (tertiary/aromatic N) is 3. The largest absolute Gasteiger partial charge is 0.490 e. The smallest absolute Gasteiger partial charge is 0.234 e. The Bertz CT molecular complexity index is 1080. The summed E-state index contributed by atoms with van der Waals surface area (Å²) in [4.78, 5) is 21.3. The summed E-state index contributed by atoms with van der Waals surface area (Å²) in [7, 11) is 0. The minimum Gasteiger partial charge on any atom is -0.490 e. The van der Waals surface area contributed by atoms with Crippen LogP contribution in [0.15, 0.2) is 12.3 Å². The van der Waals surface area contributed by atoms with Crippen molar-refractivity contribution in [3.63, 3.8) is 0 Å². The van der Waals surface area contributed by atoms with E-state index < -0.39 is 11.8 Å². The molecular weight excluding hydrogens is 448 g/mol. The summed E-state index contributed by atoms with van der Waals surface area (Å²) in [5, 5.41) is 10.5. The van der Waals surface area contributed by atoms with Gasteiger partial charge in [-0.2, -0.15) is 5.26 Å². The Kier molecular flexibility index (Phi) is 6.79. The molecular formula is C26H34N4O3S. The Labute approximate surface area is 205 Å². The number of nitriles is 1. The molecule has 0 spiro atoms. The number of thiophene rings is 1. The third-order valence-corrected chi connectivity index (χ3v) is 9.49. The van der Waals surface area contributed by atoms with Gasteiger partial charge in [-0.15, -0.1) is 11.3 Å². The van der Waals surface area contributed by atoms with Crippen LogP contribution in [-0.4, -0.2) is 53.7 Å². The molecule has 2 aromatic heterocycles. The summed E-state index contributed by atoms with van der Waals surface area (Å²) in [6.07, 6.45) is 9.96. The van der Waals surface area contributed by atoms with Crippen LogP contribution in [0.2, 0.25) is 0 Å². The van der Waals surface area contributed by atoms with Crippen molar-refractivity contribution in [1.82, 2.24) is 9.88 Å². The van der Waals surface area contributed by atoms with E-state index in [0.29, 0.717) is 6.42 Å². The first-order chi connectivity index (χ1) is 16.5. The first-order valence-electron chi connectivity index (χ1n) is 12.6. The number of primary amides is 1. The van der Waals surface area contributed by atoms with Crippen LogP contribution >= 0.6 is 11.3 Å². The van der Waals surface area contributed by atoms with Crippen molar-refractivity contribution in [3.05, 3.63) is 22.7 Å². The highest BCUT2D eigenvalue weighted by Crippen LogP contribution is 2.49. The molecule has 34 heavy (non-hydrogen) atoms. The number of morpholine rings is 1. The van der Waals surface area contributed by atoms with Crippen LogP contribution in [0.3, 0.4) is 0 Å². The number of aromatic nitrogens is 1. The Balaban J connectivity index is 1.34. The number of rotatable bonds is 7. The molecule has 0 bridgehead atoms. The monoisotopic (exact) mass is 482 g/mol. The molecule has 2 fully saturated rings. The molecule has 5 rings (SSSR count). The van der Waals surface area contributed by atoms with E-state index >= 15 is 0 Å². The van der Waals surface area contributed by atoms with Crippen LogP contribution in [-0.2, 0) is 16.0 Å². The van der Waals surface area contributed by atoms with E-state index in [4.69, 9.17) is 15.2 Å². The van der Waals surface area contributed by atoms with E-state index in [-0.39, 0.29) is 17.6 Å². The first kappa shape index (κ1) is 23.5. The lowest BCUT2D eigenvalue weighted by Gasteiger charge is -2.49. The zero-order valence-electron chi connectivity index (χ0n) is 19.9. The van der Waals surface area contributed by atoms with E-state index in [2.05, 4.69) is 22.9 Å². The molecule has 2 atom stereocenters. The Morgan fingerprint density at radius 2 is 2.15 bits per heavy atom. The number of aryl methyl sites for hydroxylation is 1. The second kappa shape index (κ2) is 9.80. The fourth-order valence-corrected chi connectivity index (χ4v) is 7.60. The average molecular weight is 483 g/mol. The lowest BCUT2D eigenvalue weighted by atomic mass is 9.77. The zero-order chi connectivity index (χ0) is 23.7. The second-order valence-electron chi connectivity index (χ2n) is 9.98. The number of fused-ring (bicyclic) bond motifs is 3. The van der Waals surface area contributed by atoms with E-state index in [1.807, 2.05) is 12.3 Å². The topological polar surface area (TPSA) is 101 Å². The molecule has 3 heterocycles. The number of hydrogen-bond acceptors (Lipinski definition) is 7. The summed E-state index contributed by atoms with van der Waals surface area (Å²) < 4.78 is 12.3. The summed E-state index contributed by atoms with van der Waals surface area (Å²) in [6.45, 7) is 6.05. The second-order valence-corrected chi connectivity index (χ2v) is 11.1. The van der Waals surface area contributed by atoms with Gasteiger partial charge in [-0.3, -0.25) is 9.69 Å². The van der Waals surface area contributed by atoms with Crippen molar-refractivity contribution in [3.8, 4) is 11.8 Å². The van der Waals surface area contributed by atoms with Gasteiger partial charge in [0.25, 0.3) is 0 Å². The van der Waals surface area contributed by atoms with Crippen molar-refractivity contribution in [2.24, 2.45) is 11.7 Å². The highest BCUT2D eigenvalue weighted by atomic mass is 32.1. The summed E-state index contributed by atoms with van der Waals surface area (Å²) in [5.41, 5.74) is 6.97. The molecule has 7 nitrogen and oxygen atoms in total. The Hall–Kier alpha value is -2.21. The number of ether oxygens (including phenoxy) is 2. The van der Waals surface area contributed by atoms with Gasteiger partial charge >= 0.3 is 0 Å². The molecule has 2 aromatic rings. The average Bonchev–Trinajstić information content (AvgIpc) is 3.43. The van der Waals surface area contributed by atoms with Crippen LogP contribution in [0.4, 0.5) is 0 Å². The minimum atomic E-state index is -0.757. The van der Waals surface area contributed by atoms with Crippen LogP contribution in [0.1, 0.15) is 68.2 Å². The normalized spacial score (nSPS) is 28.4. The van der Waals surface area contributed by atoms with E-state index in [9.17, 15) is 10.1 Å². The van der Waals surface area contributed by atoms with Crippen LogP contribution in [0.5, 0.6) is 5.75 Å². The quantitative estimate of drug-likeness (QED) is 0.636. The zero-order valence-corrected chi connectivity index (χ0v) is 20.7. The highest BCUT2D eigenvalue weighted by Gasteiger charge is 2.40. The number of pyridine rings is 1. The molecule has 3 aliphatic rings. The van der Waals surface area contributed by atoms with Gasteiger partial charge in [0.2, 0.25) is 5.91 Å². The maximum absolute atomic E-state index is 11.7. The summed E-state index contributed by atoms with van der Waals surface area (Å²) >= 11 is 1.72. The number of hydrogen-bond donors (Lipinski definition) is 1. The van der Waals surface area contributed by atoms with Crippen molar-refractivity contribution in [1.29, 1.82) is 5.26 Å².